The Morgan fingerprint density at radius 2 is 1.78 bits per heavy atom. The molecule has 2 aromatic rings. The highest BCUT2D eigenvalue weighted by Gasteiger charge is 2.31. The number of nitrogens with one attached hydrogen (secondary N) is 3. The molecule has 1 fully saturated rings. The molecule has 0 aliphatic carbocycles. The second-order valence-electron chi connectivity index (χ2n) is 9.43. The Hall–Kier alpha value is -3.39. The first-order valence-corrected chi connectivity index (χ1v) is 12.7. The third-order valence-electron chi connectivity index (χ3n) is 6.63. The number of anilines is 2. The van der Waals surface area contributed by atoms with E-state index in [2.05, 4.69) is 27.8 Å². The number of nitrogens with zero attached hydrogens (tertiary/aromatic N) is 1. The molecule has 1 saturated heterocycles. The smallest absolute Gasteiger partial charge is 0.255 e. The molecule has 0 bridgehead atoms. The number of methoxy groups -OCH3 is 1. The Morgan fingerprint density at radius 1 is 1.06 bits per heavy atom. The number of amides is 3. The lowest BCUT2D eigenvalue weighted by Crippen LogP contribution is -2.50. The number of hydrogen-bond donors (Lipinski definition) is 3. The molecule has 3 unspecified atom stereocenters. The zero-order valence-corrected chi connectivity index (χ0v) is 21.7. The van der Waals surface area contributed by atoms with Crippen LogP contribution >= 0.6 is 0 Å². The zero-order valence-electron chi connectivity index (χ0n) is 21.7. The van der Waals surface area contributed by atoms with Gasteiger partial charge in [-0.3, -0.25) is 19.3 Å². The standard InChI is InChI=1S/C28H38N4O4/c1-5-9-19(2)29-28(35)22-10-8-17-32(18-22)20(3)26(33)30-23-15-13-21(14-16-23)27(34)31-24-11-6-7-12-25(24)36-4/h6-7,11-16,19-20,22H,5,8-10,17-18H2,1-4H3,(H,29,35)(H,30,33)(H,31,34). The van der Waals surface area contributed by atoms with Crippen molar-refractivity contribution in [3.05, 3.63) is 54.1 Å². The molecule has 0 saturated carbocycles. The average molecular weight is 495 g/mol. The molecule has 194 valence electrons. The topological polar surface area (TPSA) is 99.8 Å². The van der Waals surface area contributed by atoms with E-state index in [1.807, 2.05) is 26.0 Å². The van der Waals surface area contributed by atoms with Crippen LogP contribution in [0.2, 0.25) is 0 Å². The normalized spacial score (nSPS) is 17.5. The summed E-state index contributed by atoms with van der Waals surface area (Å²) in [5, 5.41) is 8.88. The van der Waals surface area contributed by atoms with Crippen LogP contribution in [0, 0.1) is 5.92 Å². The molecule has 2 aromatic carbocycles. The molecular formula is C28H38N4O4. The lowest BCUT2D eigenvalue weighted by molar-refractivity contribution is -0.129. The summed E-state index contributed by atoms with van der Waals surface area (Å²) in [6.07, 6.45) is 3.71. The highest BCUT2D eigenvalue weighted by molar-refractivity contribution is 6.05. The number of carbonyl (C=O) groups excluding carboxylic acids is 3. The second kappa shape index (κ2) is 13.1. The van der Waals surface area contributed by atoms with Gasteiger partial charge in [-0.1, -0.05) is 25.5 Å². The number of hydrogen-bond acceptors (Lipinski definition) is 5. The molecule has 3 rings (SSSR count). The van der Waals surface area contributed by atoms with Crippen LogP contribution in [0.4, 0.5) is 11.4 Å². The Labute approximate surface area is 213 Å². The summed E-state index contributed by atoms with van der Waals surface area (Å²) in [6.45, 7) is 7.36. The van der Waals surface area contributed by atoms with Gasteiger partial charge in [-0.05, 0) is 76.1 Å². The molecule has 1 heterocycles. The van der Waals surface area contributed by atoms with Gasteiger partial charge < -0.3 is 20.7 Å². The van der Waals surface area contributed by atoms with Gasteiger partial charge in [0.25, 0.3) is 5.91 Å². The molecular weight excluding hydrogens is 456 g/mol. The Kier molecular flexibility index (Phi) is 9.87. The van der Waals surface area contributed by atoms with Crippen molar-refractivity contribution in [2.24, 2.45) is 5.92 Å². The van der Waals surface area contributed by atoms with Crippen LogP contribution < -0.4 is 20.7 Å². The van der Waals surface area contributed by atoms with Crippen molar-refractivity contribution in [1.29, 1.82) is 0 Å². The van der Waals surface area contributed by atoms with Gasteiger partial charge in [0.05, 0.1) is 24.8 Å². The van der Waals surface area contributed by atoms with E-state index in [4.69, 9.17) is 4.74 Å². The van der Waals surface area contributed by atoms with Crippen molar-refractivity contribution in [2.45, 2.75) is 58.5 Å². The Morgan fingerprint density at radius 3 is 2.47 bits per heavy atom. The quantitative estimate of drug-likeness (QED) is 0.458. The van der Waals surface area contributed by atoms with Gasteiger partial charge in [0.15, 0.2) is 0 Å². The minimum atomic E-state index is -0.373. The van der Waals surface area contributed by atoms with Gasteiger partial charge in [-0.25, -0.2) is 0 Å². The maximum Gasteiger partial charge on any atom is 0.255 e. The van der Waals surface area contributed by atoms with Crippen LogP contribution in [0.15, 0.2) is 48.5 Å². The third kappa shape index (κ3) is 7.31. The summed E-state index contributed by atoms with van der Waals surface area (Å²) in [5.41, 5.74) is 1.67. The lowest BCUT2D eigenvalue weighted by atomic mass is 9.95. The molecule has 3 N–H and O–H groups in total. The van der Waals surface area contributed by atoms with Crippen LogP contribution in [0.3, 0.4) is 0 Å². The van der Waals surface area contributed by atoms with Gasteiger partial charge in [0, 0.05) is 23.8 Å². The highest BCUT2D eigenvalue weighted by atomic mass is 16.5. The van der Waals surface area contributed by atoms with E-state index in [9.17, 15) is 14.4 Å². The van der Waals surface area contributed by atoms with Crippen molar-refractivity contribution < 1.29 is 19.1 Å². The summed E-state index contributed by atoms with van der Waals surface area (Å²) in [5.74, 6) is 0.152. The van der Waals surface area contributed by atoms with Crippen molar-refractivity contribution in [3.8, 4) is 5.75 Å². The Bertz CT molecular complexity index is 1040. The fourth-order valence-electron chi connectivity index (χ4n) is 4.50. The van der Waals surface area contributed by atoms with Crippen LogP contribution in [0.1, 0.15) is 56.8 Å². The molecule has 0 radical (unpaired) electrons. The molecule has 3 amide bonds. The largest absolute Gasteiger partial charge is 0.495 e. The highest BCUT2D eigenvalue weighted by Crippen LogP contribution is 2.24. The van der Waals surface area contributed by atoms with E-state index in [-0.39, 0.29) is 35.7 Å². The van der Waals surface area contributed by atoms with E-state index in [1.165, 1.54) is 0 Å². The first kappa shape index (κ1) is 27.2. The van der Waals surface area contributed by atoms with Crippen LogP contribution in [-0.2, 0) is 9.59 Å². The van der Waals surface area contributed by atoms with E-state index < -0.39 is 0 Å². The monoisotopic (exact) mass is 494 g/mol. The summed E-state index contributed by atoms with van der Waals surface area (Å²) < 4.78 is 5.28. The first-order chi connectivity index (χ1) is 17.3. The maximum absolute atomic E-state index is 12.9. The van der Waals surface area contributed by atoms with Gasteiger partial charge in [0.2, 0.25) is 11.8 Å². The Balaban J connectivity index is 1.54. The van der Waals surface area contributed by atoms with Crippen molar-refractivity contribution in [1.82, 2.24) is 10.2 Å². The molecule has 36 heavy (non-hydrogen) atoms. The number of carbonyl (C=O) groups is 3. The molecule has 3 atom stereocenters. The number of rotatable bonds is 10. The maximum atomic E-state index is 12.9. The summed E-state index contributed by atoms with van der Waals surface area (Å²) >= 11 is 0. The fourth-order valence-corrected chi connectivity index (χ4v) is 4.50. The van der Waals surface area contributed by atoms with Crippen molar-refractivity contribution in [3.63, 3.8) is 0 Å². The number of benzene rings is 2. The molecule has 8 nitrogen and oxygen atoms in total. The predicted molar refractivity (Wildman–Crippen MR) is 142 cm³/mol. The van der Waals surface area contributed by atoms with Crippen LogP contribution in [-0.4, -0.2) is 54.9 Å². The van der Waals surface area contributed by atoms with Crippen molar-refractivity contribution in [2.75, 3.05) is 30.8 Å². The van der Waals surface area contributed by atoms with Crippen LogP contribution in [0.25, 0.3) is 0 Å². The van der Waals surface area contributed by atoms with E-state index in [1.54, 1.807) is 43.5 Å². The van der Waals surface area contributed by atoms with Crippen LogP contribution in [0.5, 0.6) is 5.75 Å². The first-order valence-electron chi connectivity index (χ1n) is 12.7. The number of ether oxygens (including phenoxy) is 1. The summed E-state index contributed by atoms with van der Waals surface area (Å²) in [4.78, 5) is 40.3. The molecule has 1 aliphatic rings. The summed E-state index contributed by atoms with van der Waals surface area (Å²) in [6, 6.07) is 13.8. The van der Waals surface area contributed by atoms with Gasteiger partial charge in [-0.2, -0.15) is 0 Å². The molecule has 8 heteroatoms. The van der Waals surface area contributed by atoms with E-state index in [0.717, 1.165) is 32.2 Å². The molecule has 0 aromatic heterocycles. The average Bonchev–Trinajstić information content (AvgIpc) is 2.89. The predicted octanol–water partition coefficient (Wildman–Crippen LogP) is 4.29. The van der Waals surface area contributed by atoms with E-state index in [0.29, 0.717) is 29.2 Å². The van der Waals surface area contributed by atoms with Gasteiger partial charge in [0.1, 0.15) is 5.75 Å². The second-order valence-corrected chi connectivity index (χ2v) is 9.43. The summed E-state index contributed by atoms with van der Waals surface area (Å²) in [7, 11) is 1.55. The minimum absolute atomic E-state index is 0.0789. The van der Waals surface area contributed by atoms with Crippen molar-refractivity contribution >= 4 is 29.1 Å². The van der Waals surface area contributed by atoms with Gasteiger partial charge >= 0.3 is 0 Å². The number of piperidine rings is 1. The lowest BCUT2D eigenvalue weighted by Gasteiger charge is -2.35. The third-order valence-corrected chi connectivity index (χ3v) is 6.63. The number of para-hydroxylation sites is 2. The fraction of sp³-hybridized carbons (Fsp3) is 0.464. The SMILES string of the molecule is CCCC(C)NC(=O)C1CCCN(C(C)C(=O)Nc2ccc(C(=O)Nc3ccccc3OC)cc2)C1. The van der Waals surface area contributed by atoms with E-state index >= 15 is 0 Å². The zero-order chi connectivity index (χ0) is 26.1. The molecule has 1 aliphatic heterocycles. The minimum Gasteiger partial charge on any atom is -0.495 e. The van der Waals surface area contributed by atoms with Gasteiger partial charge in [-0.15, -0.1) is 0 Å². The number of likely N-dealkylation sites (tertiary alicyclic amines) is 1. The molecule has 0 spiro atoms.